The molecule has 4 unspecified atom stereocenters. The van der Waals surface area contributed by atoms with Crippen LogP contribution in [0.25, 0.3) is 0 Å². The van der Waals surface area contributed by atoms with E-state index in [-0.39, 0.29) is 25.7 Å². The Kier molecular flexibility index (Phi) is 76.6. The lowest BCUT2D eigenvalue weighted by molar-refractivity contribution is -0.161. The molecule has 0 amide bonds. The predicted molar refractivity (Wildman–Crippen MR) is 446 cm³/mol. The fourth-order valence-corrected chi connectivity index (χ4v) is 14.9. The van der Waals surface area contributed by atoms with Crippen molar-refractivity contribution in [1.29, 1.82) is 0 Å². The number of aliphatic hydroxyl groups is 1. The highest BCUT2D eigenvalue weighted by Gasteiger charge is 2.30. The first-order valence-electron chi connectivity index (χ1n) is 45.2. The van der Waals surface area contributed by atoms with Crippen molar-refractivity contribution in [3.05, 3.63) is 24.3 Å². The van der Waals surface area contributed by atoms with Crippen LogP contribution in [-0.4, -0.2) is 96.7 Å². The van der Waals surface area contributed by atoms with Gasteiger partial charge in [-0.1, -0.05) is 394 Å². The lowest BCUT2D eigenvalue weighted by Gasteiger charge is -2.21. The molecule has 0 saturated carbocycles. The predicted octanol–water partition coefficient (Wildman–Crippen LogP) is 26.8. The Labute approximate surface area is 663 Å². The summed E-state index contributed by atoms with van der Waals surface area (Å²) in [6, 6.07) is 0. The van der Waals surface area contributed by atoms with E-state index < -0.39 is 97.5 Å². The summed E-state index contributed by atoms with van der Waals surface area (Å²) >= 11 is 0. The fraction of sp³-hybridized carbons (Fsp3) is 0.910. The standard InChI is InChI=1S/C89H170O17P2/c1-8-10-11-12-13-14-15-16-25-32-37-42-49-56-63-70-86(91)99-76-84(105-88(93)72-65-58-50-43-38-33-28-23-19-17-21-26-30-35-40-46-53-60-67-80(3)4)78-103-107(95,96)101-74-83(90)75-102-108(97,98)104-79-85(77-100-87(92)71-64-57-52-45-47-54-61-68-81(5)6)106-89(94)73-66-59-51-44-39-34-29-24-20-18-22-27-31-36-41-48-55-62-69-82(7)9-2/h14-16,25,80-85,90H,8-13,17-24,26-79H2,1-7H3,(H,95,96)(H,97,98)/b15-14-,25-16-/t82?,83?,84-,85-/m1/s1. The van der Waals surface area contributed by atoms with E-state index in [1.54, 1.807) is 0 Å². The minimum absolute atomic E-state index is 0.101. The normalized spacial score (nSPS) is 14.2. The lowest BCUT2D eigenvalue weighted by atomic mass is 9.99. The summed E-state index contributed by atoms with van der Waals surface area (Å²) in [7, 11) is -9.94. The molecule has 0 aliphatic rings. The molecule has 19 heteroatoms. The molecule has 17 nitrogen and oxygen atoms in total. The second kappa shape index (κ2) is 78.4. The third-order valence-electron chi connectivity index (χ3n) is 20.6. The maximum Gasteiger partial charge on any atom is 0.472 e. The van der Waals surface area contributed by atoms with Crippen LogP contribution in [0.3, 0.4) is 0 Å². The summed E-state index contributed by atoms with van der Waals surface area (Å²) in [6.07, 6.45) is 73.2. The number of allylic oxidation sites excluding steroid dienone is 4. The molecule has 0 saturated heterocycles. The van der Waals surface area contributed by atoms with Crippen molar-refractivity contribution >= 4 is 39.5 Å². The number of esters is 4. The first kappa shape index (κ1) is 106. The molecule has 0 aliphatic carbocycles. The van der Waals surface area contributed by atoms with Crippen molar-refractivity contribution < 1.29 is 80.2 Å². The number of carbonyl (C=O) groups excluding carboxylic acids is 4. The van der Waals surface area contributed by atoms with Gasteiger partial charge in [-0.05, 0) is 69.1 Å². The van der Waals surface area contributed by atoms with Gasteiger partial charge < -0.3 is 33.8 Å². The molecule has 108 heavy (non-hydrogen) atoms. The highest BCUT2D eigenvalue weighted by molar-refractivity contribution is 7.47. The number of rotatable bonds is 85. The Morgan fingerprint density at radius 1 is 0.306 bits per heavy atom. The van der Waals surface area contributed by atoms with Gasteiger partial charge in [0.15, 0.2) is 12.2 Å². The minimum Gasteiger partial charge on any atom is -0.462 e. The van der Waals surface area contributed by atoms with Crippen LogP contribution in [0.15, 0.2) is 24.3 Å². The zero-order valence-electron chi connectivity index (χ0n) is 70.8. The van der Waals surface area contributed by atoms with Gasteiger partial charge in [0.05, 0.1) is 26.4 Å². The van der Waals surface area contributed by atoms with Crippen molar-refractivity contribution in [2.75, 3.05) is 39.6 Å². The molecule has 0 heterocycles. The molecule has 0 fully saturated rings. The van der Waals surface area contributed by atoms with Crippen LogP contribution in [0.1, 0.15) is 447 Å². The SMILES string of the molecule is CCCCCC/C=C\C=C/CCCCCCCC(=O)OC[C@H](COP(=O)(O)OCC(O)COP(=O)(O)OC[C@@H](COC(=O)CCCCCCCCCC(C)C)OC(=O)CCCCCCCCCCCCCCCCCCCCC(C)CC)OC(=O)CCCCCCCCCCCCCCCCCCCCC(C)C. The maximum absolute atomic E-state index is 13.1. The summed E-state index contributed by atoms with van der Waals surface area (Å²) in [5, 5.41) is 10.7. The van der Waals surface area contributed by atoms with Gasteiger partial charge in [-0.15, -0.1) is 0 Å². The first-order valence-corrected chi connectivity index (χ1v) is 48.2. The molecule has 0 radical (unpaired) electrons. The van der Waals surface area contributed by atoms with Crippen LogP contribution in [-0.2, 0) is 65.4 Å². The summed E-state index contributed by atoms with van der Waals surface area (Å²) in [5.41, 5.74) is 0. The summed E-state index contributed by atoms with van der Waals surface area (Å²) in [4.78, 5) is 73.2. The van der Waals surface area contributed by atoms with E-state index in [9.17, 15) is 43.2 Å². The first-order chi connectivity index (χ1) is 52.3. The average Bonchev–Trinajstić information content (AvgIpc) is 0.897. The third-order valence-corrected chi connectivity index (χ3v) is 22.5. The molecule has 0 spiro atoms. The zero-order chi connectivity index (χ0) is 79.3. The fourth-order valence-electron chi connectivity index (χ4n) is 13.3. The van der Waals surface area contributed by atoms with Crippen LogP contribution in [0, 0.1) is 17.8 Å². The van der Waals surface area contributed by atoms with Crippen LogP contribution in [0.2, 0.25) is 0 Å². The number of carbonyl (C=O) groups is 4. The molecule has 0 bridgehead atoms. The van der Waals surface area contributed by atoms with E-state index in [4.69, 9.17) is 37.0 Å². The highest BCUT2D eigenvalue weighted by Crippen LogP contribution is 2.45. The molecule has 0 aromatic carbocycles. The molecule has 0 aliphatic heterocycles. The summed E-state index contributed by atoms with van der Waals surface area (Å²) in [6.45, 7) is 12.0. The Bertz CT molecular complexity index is 2180. The molecule has 638 valence electrons. The van der Waals surface area contributed by atoms with Gasteiger partial charge in [-0.3, -0.25) is 37.3 Å². The van der Waals surface area contributed by atoms with Crippen molar-refractivity contribution in [3.63, 3.8) is 0 Å². The molecule has 0 rings (SSSR count). The van der Waals surface area contributed by atoms with E-state index in [2.05, 4.69) is 72.8 Å². The van der Waals surface area contributed by atoms with Gasteiger partial charge in [0, 0.05) is 25.7 Å². The van der Waals surface area contributed by atoms with E-state index in [0.717, 1.165) is 127 Å². The minimum atomic E-state index is -4.97. The zero-order valence-corrected chi connectivity index (χ0v) is 72.6. The van der Waals surface area contributed by atoms with Gasteiger partial charge in [0.1, 0.15) is 19.3 Å². The molecule has 0 aromatic rings. The van der Waals surface area contributed by atoms with Crippen LogP contribution >= 0.6 is 15.6 Å². The van der Waals surface area contributed by atoms with E-state index in [0.29, 0.717) is 31.6 Å². The smallest absolute Gasteiger partial charge is 0.462 e. The van der Waals surface area contributed by atoms with Gasteiger partial charge in [-0.25, -0.2) is 9.13 Å². The van der Waals surface area contributed by atoms with Gasteiger partial charge in [0.2, 0.25) is 0 Å². The second-order valence-electron chi connectivity index (χ2n) is 32.5. The Balaban J connectivity index is 5.22. The molecule has 3 N–H and O–H groups in total. The van der Waals surface area contributed by atoms with Crippen molar-refractivity contribution in [3.8, 4) is 0 Å². The number of hydrogen-bond donors (Lipinski definition) is 3. The molecule has 0 aromatic heterocycles. The van der Waals surface area contributed by atoms with Gasteiger partial charge >= 0.3 is 39.5 Å². The lowest BCUT2D eigenvalue weighted by Crippen LogP contribution is -2.30. The van der Waals surface area contributed by atoms with Crippen LogP contribution < -0.4 is 0 Å². The van der Waals surface area contributed by atoms with E-state index in [1.807, 2.05) is 0 Å². The van der Waals surface area contributed by atoms with Gasteiger partial charge in [-0.2, -0.15) is 0 Å². The number of aliphatic hydroxyl groups excluding tert-OH is 1. The number of hydrogen-bond acceptors (Lipinski definition) is 15. The van der Waals surface area contributed by atoms with Crippen molar-refractivity contribution in [1.82, 2.24) is 0 Å². The highest BCUT2D eigenvalue weighted by atomic mass is 31.2. The monoisotopic (exact) mass is 1570 g/mol. The third kappa shape index (κ3) is 80.2. The second-order valence-corrected chi connectivity index (χ2v) is 35.4. The van der Waals surface area contributed by atoms with E-state index >= 15 is 0 Å². The topological polar surface area (TPSA) is 237 Å². The quantitative estimate of drug-likeness (QED) is 0.0169. The number of ether oxygens (including phenoxy) is 4. The van der Waals surface area contributed by atoms with Crippen molar-refractivity contribution in [2.45, 2.75) is 465 Å². The number of phosphoric ester groups is 2. The summed E-state index contributed by atoms with van der Waals surface area (Å²) in [5.74, 6) is 0.258. The van der Waals surface area contributed by atoms with Crippen molar-refractivity contribution in [2.24, 2.45) is 17.8 Å². The number of phosphoric acid groups is 2. The molecular weight excluding hydrogens is 1400 g/mol. The Hall–Kier alpha value is -2.46. The van der Waals surface area contributed by atoms with Gasteiger partial charge in [0.25, 0.3) is 0 Å². The molecule has 6 atom stereocenters. The van der Waals surface area contributed by atoms with E-state index in [1.165, 1.54) is 231 Å². The summed E-state index contributed by atoms with van der Waals surface area (Å²) < 4.78 is 68.9. The maximum atomic E-state index is 13.1. The van der Waals surface area contributed by atoms with Crippen LogP contribution in [0.4, 0.5) is 0 Å². The largest absolute Gasteiger partial charge is 0.472 e. The molecular formula is C89H170O17P2. The average molecular weight is 1570 g/mol. The van der Waals surface area contributed by atoms with Crippen LogP contribution in [0.5, 0.6) is 0 Å². The Morgan fingerprint density at radius 3 is 0.824 bits per heavy atom. The Morgan fingerprint density at radius 2 is 0.546 bits per heavy atom. The number of unbranched alkanes of at least 4 members (excludes halogenated alkanes) is 49.